The van der Waals surface area contributed by atoms with Crippen LogP contribution in [-0.4, -0.2) is 17.4 Å². The van der Waals surface area contributed by atoms with E-state index in [9.17, 15) is 4.79 Å². The average molecular weight is 308 g/mol. The van der Waals surface area contributed by atoms with Crippen LogP contribution in [0.15, 0.2) is 28.7 Å². The lowest BCUT2D eigenvalue weighted by Gasteiger charge is -2.31. The van der Waals surface area contributed by atoms with Gasteiger partial charge in [0.15, 0.2) is 0 Å². The van der Waals surface area contributed by atoms with E-state index in [1.165, 1.54) is 5.56 Å². The highest BCUT2D eigenvalue weighted by molar-refractivity contribution is 9.10. The molecule has 0 fully saturated rings. The molecule has 96 valence electrons. The van der Waals surface area contributed by atoms with Gasteiger partial charge in [-0.15, -0.1) is 0 Å². The first-order chi connectivity index (χ1) is 8.54. The molecule has 0 saturated heterocycles. The maximum Gasteiger partial charge on any atom is 0.230 e. The Morgan fingerprint density at radius 2 is 2.17 bits per heavy atom. The maximum atomic E-state index is 12.2. The number of carbonyl (C=O) groups excluding carboxylic acids is 1. The molecule has 2 nitrogen and oxygen atoms in total. The average Bonchev–Trinajstić information content (AvgIpc) is 2.33. The van der Waals surface area contributed by atoms with Crippen LogP contribution in [0.4, 0.5) is 0 Å². The number of carbonyl (C=O) groups is 1. The van der Waals surface area contributed by atoms with Crippen molar-refractivity contribution in [2.45, 2.75) is 27.2 Å². The molecule has 0 N–H and O–H groups in total. The van der Waals surface area contributed by atoms with Gasteiger partial charge < -0.3 is 4.90 Å². The predicted octanol–water partition coefficient (Wildman–Crippen LogP) is 3.99. The van der Waals surface area contributed by atoms with E-state index in [-0.39, 0.29) is 11.8 Å². The van der Waals surface area contributed by atoms with E-state index in [2.05, 4.69) is 41.1 Å². The smallest absolute Gasteiger partial charge is 0.230 e. The summed E-state index contributed by atoms with van der Waals surface area (Å²) in [5.41, 5.74) is 3.40. The van der Waals surface area contributed by atoms with Gasteiger partial charge in [0.2, 0.25) is 5.91 Å². The molecule has 18 heavy (non-hydrogen) atoms. The van der Waals surface area contributed by atoms with Gasteiger partial charge in [-0.25, -0.2) is 0 Å². The summed E-state index contributed by atoms with van der Waals surface area (Å²) < 4.78 is 1.07. The Bertz CT molecular complexity index is 507. The molecule has 0 aromatic heterocycles. The lowest BCUT2D eigenvalue weighted by atomic mass is 9.95. The lowest BCUT2D eigenvalue weighted by Crippen LogP contribution is -2.36. The fourth-order valence-electron chi connectivity index (χ4n) is 2.38. The minimum Gasteiger partial charge on any atom is -0.312 e. The third-order valence-electron chi connectivity index (χ3n) is 3.42. The summed E-state index contributed by atoms with van der Waals surface area (Å²) in [6, 6.07) is 6.20. The van der Waals surface area contributed by atoms with Gasteiger partial charge in [-0.2, -0.15) is 0 Å². The maximum absolute atomic E-state index is 12.2. The van der Waals surface area contributed by atoms with Crippen LogP contribution in [0.5, 0.6) is 0 Å². The van der Waals surface area contributed by atoms with E-state index in [1.807, 2.05) is 24.8 Å². The Balaban J connectivity index is 2.45. The zero-order valence-corrected chi connectivity index (χ0v) is 12.6. The predicted molar refractivity (Wildman–Crippen MR) is 78.0 cm³/mol. The molecular formula is C15H18BrNO. The van der Waals surface area contributed by atoms with Gasteiger partial charge in [0.05, 0.1) is 0 Å². The molecule has 3 heteroatoms. The lowest BCUT2D eigenvalue weighted by molar-refractivity contribution is -0.131. The van der Waals surface area contributed by atoms with Gasteiger partial charge >= 0.3 is 0 Å². The number of aryl methyl sites for hydroxylation is 1. The normalized spacial score (nSPS) is 20.0. The molecule has 1 aromatic rings. The van der Waals surface area contributed by atoms with Crippen molar-refractivity contribution in [3.63, 3.8) is 0 Å². The number of halogens is 1. The fourth-order valence-corrected chi connectivity index (χ4v) is 2.86. The Morgan fingerprint density at radius 3 is 2.78 bits per heavy atom. The summed E-state index contributed by atoms with van der Waals surface area (Å²) in [7, 11) is 0. The topological polar surface area (TPSA) is 20.3 Å². The monoisotopic (exact) mass is 307 g/mol. The quantitative estimate of drug-likeness (QED) is 0.809. The molecule has 1 unspecified atom stereocenters. The number of benzene rings is 1. The molecule has 1 aliphatic heterocycles. The summed E-state index contributed by atoms with van der Waals surface area (Å²) in [5.74, 6) is 0.335. The second-order valence-corrected chi connectivity index (χ2v) is 5.68. The first-order valence-corrected chi connectivity index (χ1v) is 7.12. The molecule has 2 rings (SSSR count). The molecule has 0 aliphatic carbocycles. The van der Waals surface area contributed by atoms with Gasteiger partial charge in [0.1, 0.15) is 0 Å². The fraction of sp³-hybridized carbons (Fsp3) is 0.400. The summed E-state index contributed by atoms with van der Waals surface area (Å²) in [4.78, 5) is 14.1. The van der Waals surface area contributed by atoms with Gasteiger partial charge in [-0.3, -0.25) is 4.79 Å². The van der Waals surface area contributed by atoms with E-state index >= 15 is 0 Å². The molecular weight excluding hydrogens is 290 g/mol. The van der Waals surface area contributed by atoms with Crippen LogP contribution < -0.4 is 0 Å². The number of rotatable bonds is 2. The van der Waals surface area contributed by atoms with Crippen molar-refractivity contribution in [2.24, 2.45) is 5.92 Å². The number of allylic oxidation sites excluding steroid dienone is 1. The third kappa shape index (κ3) is 2.37. The van der Waals surface area contributed by atoms with Crippen LogP contribution in [0.1, 0.15) is 31.4 Å². The van der Waals surface area contributed by atoms with Crippen LogP contribution in [0.25, 0.3) is 5.70 Å². The van der Waals surface area contributed by atoms with Gasteiger partial charge in [-0.05, 0) is 38.0 Å². The molecule has 0 bridgehead atoms. The summed E-state index contributed by atoms with van der Waals surface area (Å²) in [6.07, 6.45) is 3.02. The number of nitrogens with zero attached hydrogens (tertiary/aromatic N) is 1. The van der Waals surface area contributed by atoms with Crippen molar-refractivity contribution in [2.75, 3.05) is 6.54 Å². The van der Waals surface area contributed by atoms with Gasteiger partial charge in [-0.1, -0.05) is 35.0 Å². The Kier molecular flexibility index (Phi) is 3.91. The van der Waals surface area contributed by atoms with Crippen molar-refractivity contribution in [1.29, 1.82) is 0 Å². The van der Waals surface area contributed by atoms with E-state index in [0.29, 0.717) is 0 Å². The van der Waals surface area contributed by atoms with E-state index < -0.39 is 0 Å². The van der Waals surface area contributed by atoms with Crippen LogP contribution in [0.2, 0.25) is 0 Å². The molecule has 1 amide bonds. The summed E-state index contributed by atoms with van der Waals surface area (Å²) in [6.45, 7) is 6.83. The van der Waals surface area contributed by atoms with Crippen LogP contribution >= 0.6 is 15.9 Å². The van der Waals surface area contributed by atoms with Gasteiger partial charge in [0, 0.05) is 28.2 Å². The third-order valence-corrected chi connectivity index (χ3v) is 3.92. The van der Waals surface area contributed by atoms with Crippen LogP contribution in [0, 0.1) is 12.8 Å². The molecule has 1 aromatic carbocycles. The first-order valence-electron chi connectivity index (χ1n) is 6.32. The molecule has 1 heterocycles. The SMILES string of the molecule is CCN1C(=O)C(C)CC=C1c1ccc(Br)cc1C. The van der Waals surface area contributed by atoms with Crippen molar-refractivity contribution in [1.82, 2.24) is 4.90 Å². The van der Waals surface area contributed by atoms with Crippen LogP contribution in [0.3, 0.4) is 0 Å². The van der Waals surface area contributed by atoms with Crippen molar-refractivity contribution < 1.29 is 4.79 Å². The van der Waals surface area contributed by atoms with Crippen LogP contribution in [-0.2, 0) is 4.79 Å². The highest BCUT2D eigenvalue weighted by Gasteiger charge is 2.27. The molecule has 1 aliphatic rings. The summed E-state index contributed by atoms with van der Waals surface area (Å²) in [5, 5.41) is 0. The molecule has 0 radical (unpaired) electrons. The molecule has 0 saturated carbocycles. The minimum atomic E-state index is 0.101. The van der Waals surface area contributed by atoms with E-state index in [4.69, 9.17) is 0 Å². The van der Waals surface area contributed by atoms with Gasteiger partial charge in [0.25, 0.3) is 0 Å². The standard InChI is InChI=1S/C15H18BrNO/c1-4-17-14(8-5-10(2)15(17)18)13-7-6-12(16)9-11(13)3/h6-10H,4-5H2,1-3H3. The second-order valence-electron chi connectivity index (χ2n) is 4.77. The van der Waals surface area contributed by atoms with Crippen molar-refractivity contribution >= 4 is 27.5 Å². The Hall–Kier alpha value is -1.09. The molecule has 0 spiro atoms. The zero-order chi connectivity index (χ0) is 13.3. The van der Waals surface area contributed by atoms with Crippen molar-refractivity contribution in [3.8, 4) is 0 Å². The zero-order valence-electron chi connectivity index (χ0n) is 11.0. The summed E-state index contributed by atoms with van der Waals surface area (Å²) >= 11 is 3.47. The van der Waals surface area contributed by atoms with E-state index in [0.717, 1.165) is 28.7 Å². The second kappa shape index (κ2) is 5.27. The highest BCUT2D eigenvalue weighted by atomic mass is 79.9. The number of hydrogen-bond acceptors (Lipinski definition) is 1. The Labute approximate surface area is 117 Å². The largest absolute Gasteiger partial charge is 0.312 e. The highest BCUT2D eigenvalue weighted by Crippen LogP contribution is 2.31. The van der Waals surface area contributed by atoms with Crippen molar-refractivity contribution in [3.05, 3.63) is 39.9 Å². The molecule has 1 atom stereocenters. The number of hydrogen-bond donors (Lipinski definition) is 0. The minimum absolute atomic E-state index is 0.101. The van der Waals surface area contributed by atoms with E-state index in [1.54, 1.807) is 0 Å². The number of amides is 1. The first kappa shape index (κ1) is 13.3. The Morgan fingerprint density at radius 1 is 1.44 bits per heavy atom.